The molecule has 0 saturated carbocycles. The van der Waals surface area contributed by atoms with Crippen molar-refractivity contribution >= 4 is 22.8 Å². The van der Waals surface area contributed by atoms with Crippen molar-refractivity contribution in [2.75, 3.05) is 0 Å². The number of imidazole rings is 1. The summed E-state index contributed by atoms with van der Waals surface area (Å²) in [5.74, 6) is 1.02. The first kappa shape index (κ1) is 21.1. The number of rotatable bonds is 4. The minimum Gasteiger partial charge on any atom is -0.384 e. The molecule has 1 atom stereocenters. The SMILES string of the molecule is CCCc1nc2c(C)cc(C)nc2n1Cc1ccc2c(c1)C(O)c1ccccc1C=C2C#N. The maximum Gasteiger partial charge on any atom is 0.160 e. The summed E-state index contributed by atoms with van der Waals surface area (Å²) >= 11 is 0. The van der Waals surface area contributed by atoms with Crippen LogP contribution in [-0.4, -0.2) is 19.6 Å². The summed E-state index contributed by atoms with van der Waals surface area (Å²) in [7, 11) is 0. The van der Waals surface area contributed by atoms with E-state index in [1.54, 1.807) is 0 Å². The van der Waals surface area contributed by atoms with Crippen LogP contribution in [0.5, 0.6) is 0 Å². The first-order valence-electron chi connectivity index (χ1n) is 11.4. The number of fused-ring (bicyclic) bond motifs is 3. The Morgan fingerprint density at radius 2 is 1.88 bits per heavy atom. The Morgan fingerprint density at radius 3 is 2.67 bits per heavy atom. The molecule has 0 saturated heterocycles. The van der Waals surface area contributed by atoms with Crippen LogP contribution in [0.4, 0.5) is 0 Å². The zero-order chi connectivity index (χ0) is 23.1. The summed E-state index contributed by atoms with van der Waals surface area (Å²) < 4.78 is 2.19. The minimum absolute atomic E-state index is 0.563. The third-order valence-electron chi connectivity index (χ3n) is 6.33. The number of aryl methyl sites for hydroxylation is 3. The third-order valence-corrected chi connectivity index (χ3v) is 6.33. The molecule has 0 bridgehead atoms. The van der Waals surface area contributed by atoms with Crippen molar-refractivity contribution in [3.05, 3.63) is 93.4 Å². The highest BCUT2D eigenvalue weighted by Gasteiger charge is 2.23. The lowest BCUT2D eigenvalue weighted by Gasteiger charge is -2.17. The van der Waals surface area contributed by atoms with E-state index in [1.165, 1.54) is 0 Å². The first-order chi connectivity index (χ1) is 16.0. The molecule has 5 nitrogen and oxygen atoms in total. The molecule has 33 heavy (non-hydrogen) atoms. The van der Waals surface area contributed by atoms with E-state index >= 15 is 0 Å². The molecule has 0 amide bonds. The number of hydrogen-bond donors (Lipinski definition) is 1. The van der Waals surface area contributed by atoms with Gasteiger partial charge in [-0.1, -0.05) is 49.4 Å². The van der Waals surface area contributed by atoms with Crippen LogP contribution in [0.1, 0.15) is 64.3 Å². The zero-order valence-electron chi connectivity index (χ0n) is 19.1. The van der Waals surface area contributed by atoms with Crippen molar-refractivity contribution in [3.63, 3.8) is 0 Å². The lowest BCUT2D eigenvalue weighted by atomic mass is 9.93. The van der Waals surface area contributed by atoms with E-state index in [2.05, 4.69) is 30.6 Å². The molecule has 2 aromatic carbocycles. The average Bonchev–Trinajstić information content (AvgIpc) is 3.08. The van der Waals surface area contributed by atoms with E-state index in [4.69, 9.17) is 9.97 Å². The molecule has 0 radical (unpaired) electrons. The van der Waals surface area contributed by atoms with Crippen LogP contribution in [0, 0.1) is 25.2 Å². The van der Waals surface area contributed by atoms with Gasteiger partial charge in [0.25, 0.3) is 0 Å². The van der Waals surface area contributed by atoms with E-state index in [0.29, 0.717) is 12.1 Å². The van der Waals surface area contributed by atoms with Gasteiger partial charge in [0.05, 0.1) is 18.2 Å². The lowest BCUT2D eigenvalue weighted by Crippen LogP contribution is -2.09. The summed E-state index contributed by atoms with van der Waals surface area (Å²) in [6.45, 7) is 6.85. The molecule has 5 heteroatoms. The van der Waals surface area contributed by atoms with E-state index in [0.717, 1.165) is 68.9 Å². The van der Waals surface area contributed by atoms with Gasteiger partial charge in [-0.15, -0.1) is 0 Å². The van der Waals surface area contributed by atoms with Gasteiger partial charge in [0.15, 0.2) is 5.65 Å². The monoisotopic (exact) mass is 434 g/mol. The molecular weight excluding hydrogens is 408 g/mol. The number of aliphatic hydroxyl groups excluding tert-OH is 1. The summed E-state index contributed by atoms with van der Waals surface area (Å²) in [6.07, 6.45) is 2.94. The molecule has 164 valence electrons. The Hall–Kier alpha value is -3.75. The van der Waals surface area contributed by atoms with Gasteiger partial charge < -0.3 is 9.67 Å². The summed E-state index contributed by atoms with van der Waals surface area (Å²) in [5, 5.41) is 21.1. The maximum atomic E-state index is 11.3. The lowest BCUT2D eigenvalue weighted by molar-refractivity contribution is 0.220. The van der Waals surface area contributed by atoms with Crippen LogP contribution in [0.2, 0.25) is 0 Å². The second-order valence-electron chi connectivity index (χ2n) is 8.74. The van der Waals surface area contributed by atoms with Crippen molar-refractivity contribution in [2.45, 2.75) is 46.3 Å². The van der Waals surface area contributed by atoms with Gasteiger partial charge in [-0.25, -0.2) is 9.97 Å². The van der Waals surface area contributed by atoms with E-state index < -0.39 is 6.10 Å². The van der Waals surface area contributed by atoms with Crippen molar-refractivity contribution in [1.29, 1.82) is 5.26 Å². The quantitative estimate of drug-likeness (QED) is 0.460. The molecule has 2 aromatic heterocycles. The molecule has 5 rings (SSSR count). The molecule has 1 unspecified atom stereocenters. The average molecular weight is 435 g/mol. The predicted molar refractivity (Wildman–Crippen MR) is 131 cm³/mol. The van der Waals surface area contributed by atoms with Crippen molar-refractivity contribution in [2.24, 2.45) is 0 Å². The fourth-order valence-corrected chi connectivity index (χ4v) is 4.78. The van der Waals surface area contributed by atoms with Gasteiger partial charge in [0.1, 0.15) is 17.4 Å². The van der Waals surface area contributed by atoms with E-state index in [1.807, 2.05) is 55.5 Å². The topological polar surface area (TPSA) is 74.7 Å². The predicted octanol–water partition coefficient (Wildman–Crippen LogP) is 5.51. The molecule has 1 aliphatic carbocycles. The molecule has 0 spiro atoms. The summed E-state index contributed by atoms with van der Waals surface area (Å²) in [4.78, 5) is 9.72. The Bertz CT molecular complexity index is 1460. The number of nitrogens with zero attached hydrogens (tertiary/aromatic N) is 4. The Labute approximate surface area is 193 Å². The second-order valence-corrected chi connectivity index (χ2v) is 8.74. The van der Waals surface area contributed by atoms with Gasteiger partial charge in [0.2, 0.25) is 0 Å². The van der Waals surface area contributed by atoms with Gasteiger partial charge >= 0.3 is 0 Å². The van der Waals surface area contributed by atoms with Crippen molar-refractivity contribution in [3.8, 4) is 6.07 Å². The highest BCUT2D eigenvalue weighted by molar-refractivity contribution is 5.93. The summed E-state index contributed by atoms with van der Waals surface area (Å²) in [6, 6.07) is 18.1. The van der Waals surface area contributed by atoms with Crippen LogP contribution in [-0.2, 0) is 13.0 Å². The number of pyridine rings is 1. The first-order valence-corrected chi connectivity index (χ1v) is 11.4. The smallest absolute Gasteiger partial charge is 0.160 e. The molecule has 2 heterocycles. The number of allylic oxidation sites excluding steroid dienone is 1. The van der Waals surface area contributed by atoms with Crippen LogP contribution in [0.25, 0.3) is 22.8 Å². The Morgan fingerprint density at radius 1 is 1.06 bits per heavy atom. The molecule has 1 N–H and O–H groups in total. The maximum absolute atomic E-state index is 11.3. The largest absolute Gasteiger partial charge is 0.384 e. The van der Waals surface area contributed by atoms with Gasteiger partial charge in [-0.3, -0.25) is 0 Å². The molecule has 0 fully saturated rings. The fourth-order valence-electron chi connectivity index (χ4n) is 4.78. The number of nitriles is 1. The zero-order valence-corrected chi connectivity index (χ0v) is 19.1. The Balaban J connectivity index is 1.64. The highest BCUT2D eigenvalue weighted by Crippen LogP contribution is 2.37. The van der Waals surface area contributed by atoms with Gasteiger partial charge in [0, 0.05) is 12.1 Å². The van der Waals surface area contributed by atoms with Crippen LogP contribution in [0.3, 0.4) is 0 Å². The second kappa shape index (κ2) is 8.31. The fraction of sp³-hybridized carbons (Fsp3) is 0.250. The highest BCUT2D eigenvalue weighted by atomic mass is 16.3. The van der Waals surface area contributed by atoms with Crippen LogP contribution < -0.4 is 0 Å². The molecule has 1 aliphatic rings. The van der Waals surface area contributed by atoms with Crippen LogP contribution in [0.15, 0.2) is 48.5 Å². The van der Waals surface area contributed by atoms with Crippen molar-refractivity contribution in [1.82, 2.24) is 14.5 Å². The minimum atomic E-state index is -0.796. The summed E-state index contributed by atoms with van der Waals surface area (Å²) in [5.41, 5.74) is 8.78. The van der Waals surface area contributed by atoms with Crippen molar-refractivity contribution < 1.29 is 5.11 Å². The number of aliphatic hydroxyl groups is 1. The standard InChI is InChI=1S/C28H26N4O/c1-4-7-25-31-26-17(2)12-18(3)30-28(26)32(25)16-19-10-11-22-21(15-29)14-20-8-5-6-9-23(20)27(33)24(22)13-19/h5-6,8-14,27,33H,4,7,16H2,1-3H3. The number of benzene rings is 2. The number of aromatic nitrogens is 3. The normalized spacial score (nSPS) is 14.9. The molecular formula is C28H26N4O. The van der Waals surface area contributed by atoms with E-state index in [-0.39, 0.29) is 0 Å². The number of hydrogen-bond acceptors (Lipinski definition) is 4. The van der Waals surface area contributed by atoms with Crippen LogP contribution >= 0.6 is 0 Å². The Kier molecular flexibility index (Phi) is 5.32. The molecule has 0 aliphatic heterocycles. The van der Waals surface area contributed by atoms with Gasteiger partial charge in [-0.2, -0.15) is 5.26 Å². The van der Waals surface area contributed by atoms with E-state index in [9.17, 15) is 10.4 Å². The molecule has 4 aromatic rings. The third kappa shape index (κ3) is 3.63. The van der Waals surface area contributed by atoms with Gasteiger partial charge in [-0.05, 0) is 65.8 Å².